The van der Waals surface area contributed by atoms with Crippen molar-refractivity contribution >= 4 is 29.2 Å². The average molecular weight is 362 g/mol. The van der Waals surface area contributed by atoms with Crippen molar-refractivity contribution in [1.82, 2.24) is 0 Å². The molecule has 2 aromatic rings. The Labute approximate surface area is 151 Å². The standard InChI is InChI=1S/C19H20ClNO4/c1-4-17(25-14-7-5-6-12(2)10-14)18(22)21-13-8-9-16(20)15(11-13)19(23)24-3/h5-11,17H,4H2,1-3H3,(H,21,22)/t17-/m1/s1. The Bertz CT molecular complexity index is 776. The number of methoxy groups -OCH3 is 1. The van der Waals surface area contributed by atoms with Crippen LogP contribution < -0.4 is 10.1 Å². The van der Waals surface area contributed by atoms with Gasteiger partial charge < -0.3 is 14.8 Å². The molecule has 0 saturated heterocycles. The van der Waals surface area contributed by atoms with Crippen molar-refractivity contribution in [2.45, 2.75) is 26.4 Å². The number of ether oxygens (including phenoxy) is 2. The Morgan fingerprint density at radius 2 is 1.96 bits per heavy atom. The molecule has 1 atom stereocenters. The molecule has 1 amide bonds. The maximum absolute atomic E-state index is 12.5. The minimum Gasteiger partial charge on any atom is -0.481 e. The zero-order valence-corrected chi connectivity index (χ0v) is 15.1. The Kier molecular flexibility index (Phi) is 6.42. The maximum Gasteiger partial charge on any atom is 0.339 e. The Morgan fingerprint density at radius 1 is 1.20 bits per heavy atom. The molecule has 132 valence electrons. The van der Waals surface area contributed by atoms with E-state index >= 15 is 0 Å². The van der Waals surface area contributed by atoms with E-state index in [1.54, 1.807) is 12.1 Å². The summed E-state index contributed by atoms with van der Waals surface area (Å²) < 4.78 is 10.4. The monoisotopic (exact) mass is 361 g/mol. The van der Waals surface area contributed by atoms with Gasteiger partial charge in [-0.15, -0.1) is 0 Å². The lowest BCUT2D eigenvalue weighted by Gasteiger charge is -2.18. The molecule has 0 fully saturated rings. The molecule has 2 rings (SSSR count). The van der Waals surface area contributed by atoms with Crippen molar-refractivity contribution in [2.24, 2.45) is 0 Å². The van der Waals surface area contributed by atoms with Crippen LogP contribution in [0.1, 0.15) is 29.3 Å². The molecule has 0 aromatic heterocycles. The van der Waals surface area contributed by atoms with Crippen molar-refractivity contribution in [3.8, 4) is 5.75 Å². The summed E-state index contributed by atoms with van der Waals surface area (Å²) in [6.07, 6.45) is -0.156. The molecule has 0 spiro atoms. The summed E-state index contributed by atoms with van der Waals surface area (Å²) in [6, 6.07) is 12.1. The highest BCUT2D eigenvalue weighted by Gasteiger charge is 2.20. The van der Waals surface area contributed by atoms with Crippen LogP contribution in [-0.4, -0.2) is 25.1 Å². The number of benzene rings is 2. The third-order valence-corrected chi connectivity index (χ3v) is 3.90. The van der Waals surface area contributed by atoms with Gasteiger partial charge in [0.1, 0.15) is 5.75 Å². The van der Waals surface area contributed by atoms with E-state index in [2.05, 4.69) is 10.1 Å². The Balaban J connectivity index is 2.12. The van der Waals surface area contributed by atoms with Crippen LogP contribution in [0.25, 0.3) is 0 Å². The number of nitrogens with one attached hydrogen (secondary N) is 1. The van der Waals surface area contributed by atoms with Gasteiger partial charge in [0.15, 0.2) is 6.10 Å². The van der Waals surface area contributed by atoms with Crippen molar-refractivity contribution in [2.75, 3.05) is 12.4 Å². The largest absolute Gasteiger partial charge is 0.481 e. The van der Waals surface area contributed by atoms with E-state index in [0.29, 0.717) is 17.9 Å². The molecule has 25 heavy (non-hydrogen) atoms. The van der Waals surface area contributed by atoms with E-state index in [4.69, 9.17) is 16.3 Å². The highest BCUT2D eigenvalue weighted by molar-refractivity contribution is 6.33. The summed E-state index contributed by atoms with van der Waals surface area (Å²) in [7, 11) is 1.27. The van der Waals surface area contributed by atoms with Crippen LogP contribution in [0.2, 0.25) is 5.02 Å². The van der Waals surface area contributed by atoms with Gasteiger partial charge in [-0.25, -0.2) is 4.79 Å². The number of anilines is 1. The minimum absolute atomic E-state index is 0.189. The van der Waals surface area contributed by atoms with E-state index in [9.17, 15) is 9.59 Å². The van der Waals surface area contributed by atoms with Gasteiger partial charge in [0, 0.05) is 5.69 Å². The summed E-state index contributed by atoms with van der Waals surface area (Å²) in [5.41, 5.74) is 1.68. The predicted molar refractivity (Wildman–Crippen MR) is 97.3 cm³/mol. The first kappa shape index (κ1) is 18.8. The van der Waals surface area contributed by atoms with Crippen LogP contribution in [-0.2, 0) is 9.53 Å². The quantitative estimate of drug-likeness (QED) is 0.782. The van der Waals surface area contributed by atoms with Crippen molar-refractivity contribution < 1.29 is 19.1 Å². The lowest BCUT2D eigenvalue weighted by Crippen LogP contribution is -2.32. The third kappa shape index (κ3) is 4.97. The number of hydrogen-bond donors (Lipinski definition) is 1. The first-order valence-corrected chi connectivity index (χ1v) is 8.24. The topological polar surface area (TPSA) is 64.6 Å². The molecule has 0 radical (unpaired) electrons. The fourth-order valence-corrected chi connectivity index (χ4v) is 2.46. The van der Waals surface area contributed by atoms with Crippen molar-refractivity contribution in [1.29, 1.82) is 0 Å². The summed E-state index contributed by atoms with van der Waals surface area (Å²) >= 11 is 5.98. The molecule has 0 unspecified atom stereocenters. The normalized spacial score (nSPS) is 11.5. The van der Waals surface area contributed by atoms with Crippen LogP contribution in [0, 0.1) is 6.92 Å². The summed E-state index contributed by atoms with van der Waals surface area (Å²) in [6.45, 7) is 3.82. The van der Waals surface area contributed by atoms with E-state index < -0.39 is 12.1 Å². The van der Waals surface area contributed by atoms with Gasteiger partial charge in [0.05, 0.1) is 17.7 Å². The fourth-order valence-electron chi connectivity index (χ4n) is 2.27. The molecule has 6 heteroatoms. The second-order valence-electron chi connectivity index (χ2n) is 5.51. The van der Waals surface area contributed by atoms with E-state index in [0.717, 1.165) is 5.56 Å². The van der Waals surface area contributed by atoms with Crippen LogP contribution >= 0.6 is 11.6 Å². The first-order valence-electron chi connectivity index (χ1n) is 7.86. The average Bonchev–Trinajstić information content (AvgIpc) is 2.60. The number of halogens is 1. The van der Waals surface area contributed by atoms with Gasteiger partial charge in [-0.3, -0.25) is 4.79 Å². The highest BCUT2D eigenvalue weighted by atomic mass is 35.5. The molecule has 5 nitrogen and oxygen atoms in total. The van der Waals surface area contributed by atoms with E-state index in [1.807, 2.05) is 32.0 Å². The molecule has 0 aliphatic heterocycles. The zero-order valence-electron chi connectivity index (χ0n) is 14.3. The van der Waals surface area contributed by atoms with E-state index in [-0.39, 0.29) is 16.5 Å². The summed E-state index contributed by atoms with van der Waals surface area (Å²) in [5.74, 6) is -0.236. The lowest BCUT2D eigenvalue weighted by atomic mass is 10.2. The number of aryl methyl sites for hydroxylation is 1. The zero-order chi connectivity index (χ0) is 18.4. The molecule has 2 aromatic carbocycles. The summed E-state index contributed by atoms with van der Waals surface area (Å²) in [4.78, 5) is 24.2. The van der Waals surface area contributed by atoms with Crippen LogP contribution in [0.5, 0.6) is 5.75 Å². The molecular weight excluding hydrogens is 342 g/mol. The fraction of sp³-hybridized carbons (Fsp3) is 0.263. The number of carbonyl (C=O) groups is 2. The van der Waals surface area contributed by atoms with Gasteiger partial charge in [-0.2, -0.15) is 0 Å². The van der Waals surface area contributed by atoms with E-state index in [1.165, 1.54) is 19.2 Å². The van der Waals surface area contributed by atoms with Crippen molar-refractivity contribution in [3.63, 3.8) is 0 Å². The summed E-state index contributed by atoms with van der Waals surface area (Å²) in [5, 5.41) is 3.00. The van der Waals surface area contributed by atoms with Crippen LogP contribution in [0.4, 0.5) is 5.69 Å². The maximum atomic E-state index is 12.5. The smallest absolute Gasteiger partial charge is 0.339 e. The van der Waals surface area contributed by atoms with Gasteiger partial charge in [0.2, 0.25) is 0 Å². The minimum atomic E-state index is -0.654. The molecule has 0 heterocycles. The van der Waals surface area contributed by atoms with Gasteiger partial charge >= 0.3 is 5.97 Å². The SMILES string of the molecule is CC[C@@H](Oc1cccc(C)c1)C(=O)Nc1ccc(Cl)c(C(=O)OC)c1. The predicted octanol–water partition coefficient (Wildman–Crippen LogP) is 4.23. The highest BCUT2D eigenvalue weighted by Crippen LogP contribution is 2.22. The van der Waals surface area contributed by atoms with Crippen molar-refractivity contribution in [3.05, 3.63) is 58.6 Å². The molecule has 1 N–H and O–H groups in total. The number of carbonyl (C=O) groups excluding carboxylic acids is 2. The molecular formula is C19H20ClNO4. The molecule has 0 bridgehead atoms. The molecule has 0 aliphatic rings. The molecule has 0 saturated carbocycles. The number of rotatable bonds is 6. The number of hydrogen-bond acceptors (Lipinski definition) is 4. The second kappa shape index (κ2) is 8.53. The number of amides is 1. The lowest BCUT2D eigenvalue weighted by molar-refractivity contribution is -0.122. The number of esters is 1. The van der Waals surface area contributed by atoms with Gasteiger partial charge in [-0.05, 0) is 49.2 Å². The van der Waals surface area contributed by atoms with Gasteiger partial charge in [-0.1, -0.05) is 30.7 Å². The Hall–Kier alpha value is -2.53. The third-order valence-electron chi connectivity index (χ3n) is 3.57. The molecule has 0 aliphatic carbocycles. The Morgan fingerprint density at radius 3 is 2.60 bits per heavy atom. The van der Waals surface area contributed by atoms with Gasteiger partial charge in [0.25, 0.3) is 5.91 Å². The van der Waals surface area contributed by atoms with Crippen LogP contribution in [0.3, 0.4) is 0 Å². The second-order valence-corrected chi connectivity index (χ2v) is 5.91. The first-order chi connectivity index (χ1) is 11.9. The van der Waals surface area contributed by atoms with Crippen LogP contribution in [0.15, 0.2) is 42.5 Å².